The number of rotatable bonds is 5. The number of benzene rings is 1. The maximum atomic E-state index is 9.83. The van der Waals surface area contributed by atoms with Gasteiger partial charge >= 0.3 is 0 Å². The fraction of sp³-hybridized carbons (Fsp3) is 0.571. The van der Waals surface area contributed by atoms with Gasteiger partial charge in [0, 0.05) is 23.4 Å². The molecule has 0 aliphatic heterocycles. The molecule has 2 atom stereocenters. The van der Waals surface area contributed by atoms with E-state index in [1.807, 2.05) is 12.1 Å². The second-order valence-corrected chi connectivity index (χ2v) is 6.70. The highest BCUT2D eigenvalue weighted by atomic mass is 35.5. The summed E-state index contributed by atoms with van der Waals surface area (Å²) in [6.45, 7) is 2.91. The molecule has 0 radical (unpaired) electrons. The molecule has 0 amide bonds. The highest BCUT2D eigenvalue weighted by Crippen LogP contribution is 2.31. The zero-order valence-electron chi connectivity index (χ0n) is 10.7. The van der Waals surface area contributed by atoms with Crippen molar-refractivity contribution in [2.45, 2.75) is 44.0 Å². The van der Waals surface area contributed by atoms with Crippen LogP contribution < -0.4 is 5.32 Å². The van der Waals surface area contributed by atoms with Gasteiger partial charge in [-0.05, 0) is 31.1 Å². The zero-order chi connectivity index (χ0) is 13.0. The highest BCUT2D eigenvalue weighted by molar-refractivity contribution is 7.99. The zero-order valence-corrected chi connectivity index (χ0v) is 12.2. The number of phenols is 1. The van der Waals surface area contributed by atoms with E-state index in [0.717, 1.165) is 10.8 Å². The van der Waals surface area contributed by atoms with Gasteiger partial charge < -0.3 is 10.4 Å². The summed E-state index contributed by atoms with van der Waals surface area (Å²) in [6.07, 6.45) is 3.77. The lowest BCUT2D eigenvalue weighted by Gasteiger charge is -2.14. The first kappa shape index (κ1) is 14.0. The summed E-state index contributed by atoms with van der Waals surface area (Å²) in [6, 6.07) is 6.09. The molecule has 0 aromatic heterocycles. The predicted octanol–water partition coefficient (Wildman–Crippen LogP) is 3.81. The van der Waals surface area contributed by atoms with E-state index in [-0.39, 0.29) is 5.75 Å². The van der Waals surface area contributed by atoms with E-state index < -0.39 is 0 Å². The lowest BCUT2D eigenvalue weighted by atomic mass is 10.1. The molecular weight excluding hydrogens is 266 g/mol. The molecule has 2 rings (SSSR count). The van der Waals surface area contributed by atoms with Crippen LogP contribution >= 0.6 is 23.4 Å². The van der Waals surface area contributed by atoms with Crippen LogP contribution in [0.4, 0.5) is 0 Å². The van der Waals surface area contributed by atoms with Crippen molar-refractivity contribution in [3.05, 3.63) is 28.8 Å². The number of para-hydroxylation sites is 1. The molecule has 0 saturated heterocycles. The van der Waals surface area contributed by atoms with Crippen molar-refractivity contribution >= 4 is 23.4 Å². The van der Waals surface area contributed by atoms with E-state index in [1.165, 1.54) is 25.0 Å². The standard InChI is InChI=1S/C14H20ClNOS/c1-2-18-12-7-6-11(8-12)16-9-10-4-3-5-13(15)14(10)17/h3-5,11-12,16-17H,2,6-9H2,1H3. The molecule has 1 aliphatic rings. The van der Waals surface area contributed by atoms with E-state index in [1.54, 1.807) is 6.07 Å². The Bertz CT molecular complexity index is 399. The number of hydrogen-bond donors (Lipinski definition) is 2. The van der Waals surface area contributed by atoms with Crippen LogP contribution in [0.2, 0.25) is 5.02 Å². The Kier molecular flexibility index (Phi) is 5.22. The fourth-order valence-corrected chi connectivity index (χ4v) is 3.81. The number of thioether (sulfide) groups is 1. The minimum absolute atomic E-state index is 0.212. The Hall–Kier alpha value is -0.380. The Morgan fingerprint density at radius 1 is 1.44 bits per heavy atom. The van der Waals surface area contributed by atoms with Crippen molar-refractivity contribution < 1.29 is 5.11 Å². The normalized spacial score (nSPS) is 23.4. The van der Waals surface area contributed by atoms with Crippen LogP contribution in [0, 0.1) is 0 Å². The van der Waals surface area contributed by atoms with Crippen LogP contribution in [-0.4, -0.2) is 22.2 Å². The number of aromatic hydroxyl groups is 1. The van der Waals surface area contributed by atoms with Crippen LogP contribution in [0.3, 0.4) is 0 Å². The van der Waals surface area contributed by atoms with Crippen molar-refractivity contribution in [2.75, 3.05) is 5.75 Å². The molecule has 1 aromatic carbocycles. The average molecular weight is 286 g/mol. The lowest BCUT2D eigenvalue weighted by Crippen LogP contribution is -2.26. The average Bonchev–Trinajstić information content (AvgIpc) is 2.79. The molecule has 18 heavy (non-hydrogen) atoms. The Balaban J connectivity index is 1.83. The van der Waals surface area contributed by atoms with Crippen LogP contribution in [0.15, 0.2) is 18.2 Å². The summed E-state index contributed by atoms with van der Waals surface area (Å²) in [5, 5.41) is 14.6. The lowest BCUT2D eigenvalue weighted by molar-refractivity contribution is 0.456. The van der Waals surface area contributed by atoms with E-state index >= 15 is 0 Å². The molecular formula is C14H20ClNOS. The molecule has 2 nitrogen and oxygen atoms in total. The SMILES string of the molecule is CCSC1CCC(NCc2cccc(Cl)c2O)C1. The first-order chi connectivity index (χ1) is 8.70. The van der Waals surface area contributed by atoms with Gasteiger partial charge in [-0.25, -0.2) is 0 Å². The van der Waals surface area contributed by atoms with Crippen molar-refractivity contribution in [2.24, 2.45) is 0 Å². The third kappa shape index (κ3) is 3.56. The van der Waals surface area contributed by atoms with Crippen molar-refractivity contribution in [1.29, 1.82) is 0 Å². The van der Waals surface area contributed by atoms with E-state index in [9.17, 15) is 5.11 Å². The van der Waals surface area contributed by atoms with Gasteiger partial charge in [0.15, 0.2) is 0 Å². The molecule has 1 saturated carbocycles. The molecule has 4 heteroatoms. The van der Waals surface area contributed by atoms with Crippen LogP contribution in [0.25, 0.3) is 0 Å². The first-order valence-corrected chi connectivity index (χ1v) is 7.94. The van der Waals surface area contributed by atoms with Crippen molar-refractivity contribution in [1.82, 2.24) is 5.32 Å². The molecule has 1 aliphatic carbocycles. The molecule has 100 valence electrons. The second kappa shape index (κ2) is 6.69. The van der Waals surface area contributed by atoms with Gasteiger partial charge in [0.05, 0.1) is 5.02 Å². The molecule has 0 heterocycles. The van der Waals surface area contributed by atoms with Crippen LogP contribution in [0.1, 0.15) is 31.7 Å². The van der Waals surface area contributed by atoms with Gasteiger partial charge in [0.1, 0.15) is 5.75 Å². The van der Waals surface area contributed by atoms with Crippen LogP contribution in [-0.2, 0) is 6.54 Å². The summed E-state index contributed by atoms with van der Waals surface area (Å²) < 4.78 is 0. The molecule has 1 fully saturated rings. The second-order valence-electron chi connectivity index (χ2n) is 4.72. The predicted molar refractivity (Wildman–Crippen MR) is 79.5 cm³/mol. The monoisotopic (exact) mass is 285 g/mol. The number of halogens is 1. The summed E-state index contributed by atoms with van der Waals surface area (Å²) in [4.78, 5) is 0. The Morgan fingerprint density at radius 3 is 3.06 bits per heavy atom. The fourth-order valence-electron chi connectivity index (χ4n) is 2.47. The largest absolute Gasteiger partial charge is 0.506 e. The van der Waals surface area contributed by atoms with E-state index in [0.29, 0.717) is 17.6 Å². The van der Waals surface area contributed by atoms with Gasteiger partial charge in [-0.3, -0.25) is 0 Å². The number of phenolic OH excluding ortho intramolecular Hbond substituents is 1. The van der Waals surface area contributed by atoms with Gasteiger partial charge in [-0.2, -0.15) is 11.8 Å². The third-order valence-electron chi connectivity index (χ3n) is 3.44. The minimum atomic E-state index is 0.212. The molecule has 0 spiro atoms. The quantitative estimate of drug-likeness (QED) is 0.863. The molecule has 1 aromatic rings. The maximum Gasteiger partial charge on any atom is 0.138 e. The highest BCUT2D eigenvalue weighted by Gasteiger charge is 2.24. The van der Waals surface area contributed by atoms with Gasteiger partial charge in [0.2, 0.25) is 0 Å². The smallest absolute Gasteiger partial charge is 0.138 e. The summed E-state index contributed by atoms with van der Waals surface area (Å²) in [5.74, 6) is 1.41. The van der Waals surface area contributed by atoms with Crippen molar-refractivity contribution in [3.63, 3.8) is 0 Å². The van der Waals surface area contributed by atoms with E-state index in [4.69, 9.17) is 11.6 Å². The van der Waals surface area contributed by atoms with Crippen molar-refractivity contribution in [3.8, 4) is 5.75 Å². The topological polar surface area (TPSA) is 32.3 Å². The van der Waals surface area contributed by atoms with Gasteiger partial charge in [0.25, 0.3) is 0 Å². The summed E-state index contributed by atoms with van der Waals surface area (Å²) >= 11 is 7.95. The molecule has 0 bridgehead atoms. The molecule has 2 N–H and O–H groups in total. The summed E-state index contributed by atoms with van der Waals surface area (Å²) in [7, 11) is 0. The Labute approximate surface area is 118 Å². The third-order valence-corrected chi connectivity index (χ3v) is 4.98. The van der Waals surface area contributed by atoms with E-state index in [2.05, 4.69) is 24.0 Å². The van der Waals surface area contributed by atoms with Gasteiger partial charge in [-0.15, -0.1) is 0 Å². The number of hydrogen-bond acceptors (Lipinski definition) is 3. The summed E-state index contributed by atoms with van der Waals surface area (Å²) in [5.41, 5.74) is 0.883. The minimum Gasteiger partial charge on any atom is -0.506 e. The molecule has 2 unspecified atom stereocenters. The van der Waals surface area contributed by atoms with Crippen LogP contribution in [0.5, 0.6) is 5.75 Å². The number of nitrogens with one attached hydrogen (secondary N) is 1. The Morgan fingerprint density at radius 2 is 2.28 bits per heavy atom. The van der Waals surface area contributed by atoms with Gasteiger partial charge in [-0.1, -0.05) is 30.7 Å². The maximum absolute atomic E-state index is 9.83. The first-order valence-electron chi connectivity index (χ1n) is 6.52.